The van der Waals surface area contributed by atoms with Gasteiger partial charge in [0.05, 0.1) is 0 Å². The van der Waals surface area contributed by atoms with Gasteiger partial charge in [0.1, 0.15) is 0 Å². The first-order valence-electron chi connectivity index (χ1n) is 0. The second kappa shape index (κ2) is 28.3. The summed E-state index contributed by atoms with van der Waals surface area (Å²) in [6.07, 6.45) is 0. The van der Waals surface area contributed by atoms with Crippen molar-refractivity contribution in [3.8, 4) is 0 Å². The zero-order valence-corrected chi connectivity index (χ0v) is 5.46. The molecule has 0 aliphatic carbocycles. The first-order chi connectivity index (χ1) is 0. The Labute approximate surface area is 53.0 Å². The van der Waals surface area contributed by atoms with Crippen LogP contribution in [0.25, 0.3) is 0 Å². The fourth-order valence-electron chi connectivity index (χ4n) is 0. The minimum absolute atomic E-state index is 0. The third-order valence-corrected chi connectivity index (χ3v) is 0. The summed E-state index contributed by atoms with van der Waals surface area (Å²) in [6, 6.07) is 0. The van der Waals surface area contributed by atoms with Gasteiger partial charge in [-0.1, -0.05) is 0 Å². The Hall–Kier alpha value is 1.27. The van der Waals surface area contributed by atoms with Crippen molar-refractivity contribution in [1.29, 1.82) is 0 Å². The van der Waals surface area contributed by atoms with Crippen molar-refractivity contribution in [1.82, 2.24) is 0 Å². The Bertz CT molecular complexity index is 8.00. The molecule has 0 aliphatic rings. The maximum absolute atomic E-state index is 0. The predicted octanol–water partition coefficient (Wildman–Crippen LogP) is -1.92. The molecule has 0 bridgehead atoms. The van der Waals surface area contributed by atoms with E-state index in [1.807, 2.05) is 0 Å². The predicted molar refractivity (Wildman–Crippen MR) is 26.3 cm³/mol. The van der Waals surface area contributed by atoms with Crippen molar-refractivity contribution in [3.05, 3.63) is 7.43 Å². The zero-order chi connectivity index (χ0) is 0. The summed E-state index contributed by atoms with van der Waals surface area (Å²) in [5.74, 6) is 0. The van der Waals surface area contributed by atoms with Crippen molar-refractivity contribution in [2.45, 2.75) is 0 Å². The van der Waals surface area contributed by atoms with Gasteiger partial charge in [-0.2, -0.15) is 0 Å². The Morgan fingerprint density at radius 2 is 1.00 bits per heavy atom. The van der Waals surface area contributed by atoms with Gasteiger partial charge in [-0.15, -0.1) is 0 Å². The van der Waals surface area contributed by atoms with E-state index in [1.54, 1.807) is 0 Å². The number of hydrogen-bond acceptors (Lipinski definition) is 0. The largest absolute Gasteiger partial charge is 0.358 e. The summed E-state index contributed by atoms with van der Waals surface area (Å²) < 4.78 is 0. The molecule has 0 rings (SSSR count). The van der Waals surface area contributed by atoms with Crippen molar-refractivity contribution in [3.63, 3.8) is 0 Å². The van der Waals surface area contributed by atoms with Crippen LogP contribution in [0.4, 0.5) is 0 Å². The second-order valence-electron chi connectivity index (χ2n) is 0. The first kappa shape index (κ1) is 59.6. The molecule has 3 heteroatoms. The Morgan fingerprint density at radius 3 is 1.00 bits per heavy atom. The molecule has 0 aliphatic heterocycles. The molecule has 0 aromatic heterocycles. The molecule has 0 aromatic carbocycles. The molecule has 4 heavy (non-hydrogen) atoms. The van der Waals surface area contributed by atoms with E-state index < -0.39 is 0 Å². The van der Waals surface area contributed by atoms with Gasteiger partial charge in [-0.25, -0.2) is 0 Å². The van der Waals surface area contributed by atoms with E-state index in [1.165, 1.54) is 0 Å². The maximum atomic E-state index is 0. The molecule has 0 saturated carbocycles. The second-order valence-corrected chi connectivity index (χ2v) is 0. The fourth-order valence-corrected chi connectivity index (χ4v) is 0. The van der Waals surface area contributed by atoms with Crippen molar-refractivity contribution < 1.29 is 17.1 Å². The van der Waals surface area contributed by atoms with Crippen LogP contribution in [0, 0.1) is 7.43 Å². The normalized spacial score (nSPS) is 0. The molecular formula is CH9AlFeSi-. The molecule has 0 amide bonds. The molecule has 0 atom stereocenters. The number of rotatable bonds is 0. The molecule has 0 spiro atoms. The van der Waals surface area contributed by atoms with Crippen LogP contribution in [-0.4, -0.2) is 28.3 Å². The van der Waals surface area contributed by atoms with Gasteiger partial charge >= 0.3 is 0 Å². The molecule has 0 N–H and O–H groups in total. The maximum Gasteiger partial charge on any atom is 0.187 e. The van der Waals surface area contributed by atoms with Crippen LogP contribution in [0.2, 0.25) is 0 Å². The third-order valence-electron chi connectivity index (χ3n) is 0. The average Bonchev–Trinajstić information content (AvgIpc) is 0. The van der Waals surface area contributed by atoms with Crippen LogP contribution in [0.15, 0.2) is 0 Å². The van der Waals surface area contributed by atoms with Crippen LogP contribution < -0.4 is 0 Å². The van der Waals surface area contributed by atoms with Gasteiger partial charge in [-0.3, -0.25) is 0 Å². The topological polar surface area (TPSA) is 0 Å². The summed E-state index contributed by atoms with van der Waals surface area (Å²) in [5, 5.41) is 0. The van der Waals surface area contributed by atoms with Crippen LogP contribution in [-0.2, 0) is 17.1 Å². The Balaban J connectivity index is 0. The zero-order valence-electron chi connectivity index (χ0n) is 2.35. The summed E-state index contributed by atoms with van der Waals surface area (Å²) in [4.78, 5) is 0. The van der Waals surface area contributed by atoms with Gasteiger partial charge in [0, 0.05) is 17.1 Å². The van der Waals surface area contributed by atoms with Gasteiger partial charge in [0.2, 0.25) is 0 Å². The van der Waals surface area contributed by atoms with E-state index >= 15 is 0 Å². The third kappa shape index (κ3) is 10.5. The van der Waals surface area contributed by atoms with E-state index in [0.717, 1.165) is 0 Å². The van der Waals surface area contributed by atoms with E-state index in [0.29, 0.717) is 0 Å². The molecular weight excluding hydrogens is 123 g/mol. The van der Waals surface area contributed by atoms with Crippen molar-refractivity contribution in [2.24, 2.45) is 0 Å². The molecule has 0 fully saturated rings. The van der Waals surface area contributed by atoms with E-state index in [4.69, 9.17) is 0 Å². The fraction of sp³-hybridized carbons (Fsp3) is 0. The Morgan fingerprint density at radius 1 is 1.00 bits per heavy atom. The van der Waals surface area contributed by atoms with Gasteiger partial charge in [0.25, 0.3) is 0 Å². The molecule has 0 nitrogen and oxygen atoms in total. The van der Waals surface area contributed by atoms with Crippen LogP contribution in [0.1, 0.15) is 0 Å². The quantitative estimate of drug-likeness (QED) is 0.266. The minimum Gasteiger partial charge on any atom is -0.358 e. The minimum atomic E-state index is 0. The molecule has 0 saturated heterocycles. The smallest absolute Gasteiger partial charge is 0.187 e. The Kier molecular flexibility index (Phi) is 422. The monoisotopic (exact) mass is 132 g/mol. The molecule has 0 aromatic rings. The summed E-state index contributed by atoms with van der Waals surface area (Å²) in [7, 11) is 0. The van der Waals surface area contributed by atoms with Crippen LogP contribution in [0.3, 0.4) is 0 Å². The summed E-state index contributed by atoms with van der Waals surface area (Å²) >= 11 is 0. The van der Waals surface area contributed by atoms with Gasteiger partial charge in [-0.05, 0) is 11.0 Å². The molecule has 0 unspecified atom stereocenters. The van der Waals surface area contributed by atoms with Crippen molar-refractivity contribution in [2.75, 3.05) is 0 Å². The molecule has 29 valence electrons. The molecule has 1 radical (unpaired) electrons. The van der Waals surface area contributed by atoms with Crippen LogP contribution in [0.5, 0.6) is 0 Å². The van der Waals surface area contributed by atoms with Crippen LogP contribution >= 0.6 is 0 Å². The average molecular weight is 132 g/mol. The standard InChI is InChI=1S/CH3.Al.Fe.H3Si.3H/h1H3;;;1H3;;;/q-1;;;;;;. The van der Waals surface area contributed by atoms with Gasteiger partial charge < -0.3 is 7.43 Å². The summed E-state index contributed by atoms with van der Waals surface area (Å²) in [5.41, 5.74) is 0. The summed E-state index contributed by atoms with van der Waals surface area (Å²) in [6.45, 7) is 0. The van der Waals surface area contributed by atoms with Crippen molar-refractivity contribution >= 4 is 28.3 Å². The van der Waals surface area contributed by atoms with E-state index in [-0.39, 0.29) is 52.8 Å². The first-order valence-corrected chi connectivity index (χ1v) is 0. The van der Waals surface area contributed by atoms with E-state index in [9.17, 15) is 0 Å². The SMILES string of the molecule is [AlH3].[CH3-].[Fe].[SiH3]. The number of hydrogen-bond donors (Lipinski definition) is 0. The van der Waals surface area contributed by atoms with Gasteiger partial charge in [0.15, 0.2) is 17.4 Å². The molecule has 0 heterocycles. The van der Waals surface area contributed by atoms with E-state index in [2.05, 4.69) is 0 Å².